The molecule has 0 spiro atoms. The zero-order chi connectivity index (χ0) is 14.4. The van der Waals surface area contributed by atoms with Crippen LogP contribution in [-0.2, 0) is 9.53 Å². The number of nitrogens with one attached hydrogen (secondary N) is 1. The highest BCUT2D eigenvalue weighted by Gasteiger charge is 2.54. The molecule has 0 radical (unpaired) electrons. The maximum atomic E-state index is 12.5. The quantitative estimate of drug-likeness (QED) is 0.863. The monoisotopic (exact) mass is 291 g/mol. The molecule has 4 aliphatic carbocycles. The number of carbonyl (C=O) groups excluding carboxylic acids is 1. The summed E-state index contributed by atoms with van der Waals surface area (Å²) >= 11 is 0. The van der Waals surface area contributed by atoms with Gasteiger partial charge in [0.2, 0.25) is 5.91 Å². The Balaban J connectivity index is 1.48. The van der Waals surface area contributed by atoms with Gasteiger partial charge in [0.1, 0.15) is 6.10 Å². The van der Waals surface area contributed by atoms with Gasteiger partial charge in [-0.25, -0.2) is 0 Å². The number of hydrogen-bond acceptors (Lipinski definition) is 2. The fourth-order valence-corrected chi connectivity index (χ4v) is 6.34. The van der Waals surface area contributed by atoms with E-state index in [4.69, 9.17) is 4.74 Å². The molecule has 5 fully saturated rings. The van der Waals surface area contributed by atoms with Crippen LogP contribution in [0.15, 0.2) is 0 Å². The minimum absolute atomic E-state index is 0.162. The molecule has 1 N–H and O–H groups in total. The molecule has 118 valence electrons. The number of carbonyl (C=O) groups is 1. The first-order chi connectivity index (χ1) is 10.2. The normalized spacial score (nSPS) is 45.8. The zero-order valence-corrected chi connectivity index (χ0v) is 13.3. The summed E-state index contributed by atoms with van der Waals surface area (Å²) in [5.41, 5.74) is 0.414. The van der Waals surface area contributed by atoms with Crippen LogP contribution in [0.1, 0.15) is 64.7 Å². The van der Waals surface area contributed by atoms with Crippen molar-refractivity contribution in [2.24, 2.45) is 23.2 Å². The fourth-order valence-electron chi connectivity index (χ4n) is 6.34. The van der Waals surface area contributed by atoms with Crippen molar-refractivity contribution in [3.05, 3.63) is 0 Å². The van der Waals surface area contributed by atoms with Gasteiger partial charge in [0, 0.05) is 12.6 Å². The number of hydrogen-bond donors (Lipinski definition) is 1. The van der Waals surface area contributed by atoms with Crippen molar-refractivity contribution >= 4 is 5.91 Å². The summed E-state index contributed by atoms with van der Waals surface area (Å²) in [4.78, 5) is 12.5. The van der Waals surface area contributed by atoms with Crippen molar-refractivity contribution in [1.29, 1.82) is 0 Å². The van der Waals surface area contributed by atoms with Crippen LogP contribution in [-0.4, -0.2) is 24.7 Å². The van der Waals surface area contributed by atoms with Gasteiger partial charge in [-0.1, -0.05) is 6.92 Å². The molecule has 3 heteroatoms. The van der Waals surface area contributed by atoms with Gasteiger partial charge in [-0.05, 0) is 81.0 Å². The number of rotatable bonds is 4. The standard InChI is InChI=1S/C18H29NO2/c1-2-16(19-17(20)15-4-3-5-21-15)18-9-12-6-13(10-18)8-14(7-12)11-18/h12-16H,2-11H2,1H3,(H,19,20)/t12?,13?,14?,15-,16+,18?/m0/s1. The van der Waals surface area contributed by atoms with E-state index in [0.717, 1.165) is 43.6 Å². The molecule has 0 aromatic heterocycles. The van der Waals surface area contributed by atoms with Crippen molar-refractivity contribution in [2.45, 2.75) is 76.9 Å². The lowest BCUT2D eigenvalue weighted by Gasteiger charge is -2.59. The summed E-state index contributed by atoms with van der Waals surface area (Å²) in [6.07, 6.45) is 11.3. The molecule has 0 aromatic rings. The Morgan fingerprint density at radius 2 is 1.81 bits per heavy atom. The van der Waals surface area contributed by atoms with E-state index in [9.17, 15) is 4.79 Å². The minimum Gasteiger partial charge on any atom is -0.368 e. The largest absolute Gasteiger partial charge is 0.368 e. The molecule has 5 rings (SSSR count). The second-order valence-electron chi connectivity index (χ2n) is 8.25. The van der Waals surface area contributed by atoms with Gasteiger partial charge in [0.05, 0.1) is 0 Å². The van der Waals surface area contributed by atoms with Gasteiger partial charge in [0.15, 0.2) is 0 Å². The van der Waals surface area contributed by atoms with E-state index in [1.165, 1.54) is 38.5 Å². The van der Waals surface area contributed by atoms with Crippen molar-refractivity contribution in [2.75, 3.05) is 6.61 Å². The highest BCUT2D eigenvalue weighted by Crippen LogP contribution is 2.61. The minimum atomic E-state index is -0.173. The average Bonchev–Trinajstić information content (AvgIpc) is 2.97. The summed E-state index contributed by atoms with van der Waals surface area (Å²) in [5.74, 6) is 3.01. The van der Waals surface area contributed by atoms with Gasteiger partial charge in [0.25, 0.3) is 0 Å². The lowest BCUT2D eigenvalue weighted by atomic mass is 9.47. The summed E-state index contributed by atoms with van der Waals surface area (Å²) in [6, 6.07) is 0.377. The van der Waals surface area contributed by atoms with Gasteiger partial charge in [-0.3, -0.25) is 4.79 Å². The van der Waals surface area contributed by atoms with Crippen LogP contribution in [0.3, 0.4) is 0 Å². The molecule has 0 aromatic carbocycles. The van der Waals surface area contributed by atoms with Crippen LogP contribution in [0.4, 0.5) is 0 Å². The molecule has 21 heavy (non-hydrogen) atoms. The molecule has 1 saturated heterocycles. The third-order valence-electron chi connectivity index (χ3n) is 6.77. The lowest BCUT2D eigenvalue weighted by molar-refractivity contribution is -0.135. The highest BCUT2D eigenvalue weighted by atomic mass is 16.5. The van der Waals surface area contributed by atoms with Crippen molar-refractivity contribution in [1.82, 2.24) is 5.32 Å². The number of ether oxygens (including phenoxy) is 1. The van der Waals surface area contributed by atoms with E-state index >= 15 is 0 Å². The topological polar surface area (TPSA) is 38.3 Å². The van der Waals surface area contributed by atoms with Gasteiger partial charge in [-0.2, -0.15) is 0 Å². The fraction of sp³-hybridized carbons (Fsp3) is 0.944. The van der Waals surface area contributed by atoms with E-state index in [1.54, 1.807) is 0 Å². The van der Waals surface area contributed by atoms with E-state index < -0.39 is 0 Å². The maximum absolute atomic E-state index is 12.5. The Hall–Kier alpha value is -0.570. The Morgan fingerprint density at radius 3 is 2.29 bits per heavy atom. The Kier molecular flexibility index (Phi) is 3.52. The molecule has 4 bridgehead atoms. The van der Waals surface area contributed by atoms with Crippen LogP contribution in [0.25, 0.3) is 0 Å². The second kappa shape index (κ2) is 5.26. The highest BCUT2D eigenvalue weighted by molar-refractivity contribution is 5.81. The summed E-state index contributed by atoms with van der Waals surface area (Å²) in [7, 11) is 0. The van der Waals surface area contributed by atoms with Crippen LogP contribution in [0.2, 0.25) is 0 Å². The van der Waals surface area contributed by atoms with Crippen LogP contribution < -0.4 is 5.32 Å². The van der Waals surface area contributed by atoms with Crippen LogP contribution >= 0.6 is 0 Å². The zero-order valence-electron chi connectivity index (χ0n) is 13.3. The van der Waals surface area contributed by atoms with E-state index in [2.05, 4.69) is 12.2 Å². The first kappa shape index (κ1) is 14.0. The SMILES string of the molecule is CC[C@@H](NC(=O)[C@@H]1CCCO1)C12CC3CC(CC(C3)C1)C2. The summed E-state index contributed by atoms with van der Waals surface area (Å²) < 4.78 is 5.57. The Bertz CT molecular complexity index is 378. The van der Waals surface area contributed by atoms with E-state index in [-0.39, 0.29) is 12.0 Å². The Labute approximate surface area is 128 Å². The first-order valence-corrected chi connectivity index (χ1v) is 9.10. The smallest absolute Gasteiger partial charge is 0.249 e. The van der Waals surface area contributed by atoms with E-state index in [1.807, 2.05) is 0 Å². The molecule has 2 atom stereocenters. The predicted molar refractivity (Wildman–Crippen MR) is 81.8 cm³/mol. The van der Waals surface area contributed by atoms with Crippen LogP contribution in [0.5, 0.6) is 0 Å². The third kappa shape index (κ3) is 2.42. The van der Waals surface area contributed by atoms with Crippen LogP contribution in [0, 0.1) is 23.2 Å². The first-order valence-electron chi connectivity index (χ1n) is 9.10. The molecule has 3 nitrogen and oxygen atoms in total. The van der Waals surface area contributed by atoms with Crippen molar-refractivity contribution < 1.29 is 9.53 Å². The molecule has 1 aliphatic heterocycles. The third-order valence-corrected chi connectivity index (χ3v) is 6.77. The molecule has 1 amide bonds. The van der Waals surface area contributed by atoms with E-state index in [0.29, 0.717) is 11.5 Å². The lowest BCUT2D eigenvalue weighted by Crippen LogP contribution is -2.57. The van der Waals surface area contributed by atoms with Gasteiger partial charge >= 0.3 is 0 Å². The summed E-state index contributed by atoms with van der Waals surface area (Å²) in [6.45, 7) is 3.01. The molecule has 4 saturated carbocycles. The average molecular weight is 291 g/mol. The van der Waals surface area contributed by atoms with Gasteiger partial charge < -0.3 is 10.1 Å². The summed E-state index contributed by atoms with van der Waals surface area (Å²) in [5, 5.41) is 3.40. The molecular formula is C18H29NO2. The molecule has 0 unspecified atom stereocenters. The number of amides is 1. The second-order valence-corrected chi connectivity index (χ2v) is 8.25. The van der Waals surface area contributed by atoms with Crippen molar-refractivity contribution in [3.8, 4) is 0 Å². The van der Waals surface area contributed by atoms with Crippen molar-refractivity contribution in [3.63, 3.8) is 0 Å². The maximum Gasteiger partial charge on any atom is 0.249 e. The van der Waals surface area contributed by atoms with Gasteiger partial charge in [-0.15, -0.1) is 0 Å². The Morgan fingerprint density at radius 1 is 1.19 bits per heavy atom. The predicted octanol–water partition coefficient (Wildman–Crippen LogP) is 3.28. The molecular weight excluding hydrogens is 262 g/mol. The molecule has 5 aliphatic rings. The molecule has 1 heterocycles.